The number of amides is 1. The zero-order chi connectivity index (χ0) is 14.2. The van der Waals surface area contributed by atoms with Crippen LogP contribution >= 0.6 is 15.9 Å². The second-order valence-corrected chi connectivity index (χ2v) is 7.22. The Labute approximate surface area is 117 Å². The minimum Gasteiger partial charge on any atom is -0.444 e. The number of carbonyl (C=O) groups excluding carboxylic acids is 1. The van der Waals surface area contributed by atoms with Crippen molar-refractivity contribution in [2.24, 2.45) is 0 Å². The number of rotatable bonds is 1. The molecule has 0 radical (unpaired) electrons. The number of carbonyl (C=O) groups is 1. The molecule has 1 unspecified atom stereocenters. The van der Waals surface area contributed by atoms with Gasteiger partial charge in [-0.1, -0.05) is 15.9 Å². The molecule has 1 aliphatic heterocycles. The zero-order valence-electron chi connectivity index (χ0n) is 11.8. The highest BCUT2D eigenvalue weighted by Crippen LogP contribution is 2.38. The molecular weight excluding hydrogens is 301 g/mol. The standard InChI is InChI=1S/C13H23BrFNO2/c1-11(2,3)18-10(17)16-7-6-13(15,9-14)8-12(16,4)5/h6-9H2,1-5H3. The number of halogens is 2. The average Bonchev–Trinajstić information content (AvgIpc) is 2.12. The van der Waals surface area contributed by atoms with Gasteiger partial charge in [0.1, 0.15) is 11.3 Å². The van der Waals surface area contributed by atoms with E-state index in [4.69, 9.17) is 4.74 Å². The summed E-state index contributed by atoms with van der Waals surface area (Å²) in [5, 5.41) is 0.311. The Bertz CT molecular complexity index is 327. The lowest BCUT2D eigenvalue weighted by Gasteiger charge is -2.47. The van der Waals surface area contributed by atoms with E-state index in [1.165, 1.54) is 0 Å². The van der Waals surface area contributed by atoms with E-state index in [0.29, 0.717) is 24.7 Å². The second kappa shape index (κ2) is 4.99. The molecule has 5 heteroatoms. The van der Waals surface area contributed by atoms with Gasteiger partial charge in [0.15, 0.2) is 0 Å². The molecule has 1 amide bonds. The molecule has 0 N–H and O–H groups in total. The molecule has 1 heterocycles. The summed E-state index contributed by atoms with van der Waals surface area (Å²) in [6.07, 6.45) is 0.315. The molecular formula is C13H23BrFNO2. The lowest BCUT2D eigenvalue weighted by atomic mass is 9.82. The van der Waals surface area contributed by atoms with Crippen LogP contribution < -0.4 is 0 Å². The van der Waals surface area contributed by atoms with E-state index in [2.05, 4.69) is 15.9 Å². The van der Waals surface area contributed by atoms with Crippen LogP contribution in [-0.2, 0) is 4.74 Å². The molecule has 1 rings (SSSR count). The molecule has 0 aromatic carbocycles. The number of hydrogen-bond acceptors (Lipinski definition) is 2. The summed E-state index contributed by atoms with van der Waals surface area (Å²) >= 11 is 3.21. The van der Waals surface area contributed by atoms with E-state index in [9.17, 15) is 9.18 Å². The van der Waals surface area contributed by atoms with Crippen LogP contribution in [0.5, 0.6) is 0 Å². The Morgan fingerprint density at radius 2 is 2.00 bits per heavy atom. The fourth-order valence-corrected chi connectivity index (χ4v) is 2.82. The highest BCUT2D eigenvalue weighted by molar-refractivity contribution is 9.09. The Balaban J connectivity index is 2.78. The molecule has 106 valence electrons. The Hall–Kier alpha value is -0.320. The maximum absolute atomic E-state index is 14.3. The summed E-state index contributed by atoms with van der Waals surface area (Å²) in [6, 6.07) is 0. The van der Waals surface area contributed by atoms with Crippen molar-refractivity contribution in [1.29, 1.82) is 0 Å². The van der Waals surface area contributed by atoms with Gasteiger partial charge in [0, 0.05) is 30.3 Å². The van der Waals surface area contributed by atoms with Crippen molar-refractivity contribution < 1.29 is 13.9 Å². The van der Waals surface area contributed by atoms with Crippen LogP contribution in [0.15, 0.2) is 0 Å². The van der Waals surface area contributed by atoms with Gasteiger partial charge >= 0.3 is 6.09 Å². The van der Waals surface area contributed by atoms with Crippen molar-refractivity contribution in [2.75, 3.05) is 11.9 Å². The highest BCUT2D eigenvalue weighted by Gasteiger charge is 2.46. The third-order valence-corrected chi connectivity index (χ3v) is 4.12. The van der Waals surface area contributed by atoms with Gasteiger partial charge in [-0.3, -0.25) is 0 Å². The number of nitrogens with zero attached hydrogens (tertiary/aromatic N) is 1. The fourth-order valence-electron chi connectivity index (χ4n) is 2.34. The summed E-state index contributed by atoms with van der Waals surface area (Å²) in [5.74, 6) is 0. The number of piperidine rings is 1. The Kier molecular flexibility index (Phi) is 4.36. The maximum Gasteiger partial charge on any atom is 0.410 e. The summed E-state index contributed by atoms with van der Waals surface area (Å²) < 4.78 is 19.7. The summed E-state index contributed by atoms with van der Waals surface area (Å²) in [4.78, 5) is 13.7. The van der Waals surface area contributed by atoms with Crippen molar-refractivity contribution in [3.8, 4) is 0 Å². The van der Waals surface area contributed by atoms with Crippen molar-refractivity contribution in [2.45, 2.75) is 64.3 Å². The van der Waals surface area contributed by atoms with Crippen LogP contribution in [0.1, 0.15) is 47.5 Å². The lowest BCUT2D eigenvalue weighted by molar-refractivity contribution is -0.0365. The van der Waals surface area contributed by atoms with E-state index < -0.39 is 16.8 Å². The summed E-state index contributed by atoms with van der Waals surface area (Å²) in [7, 11) is 0. The molecule has 0 spiro atoms. The van der Waals surface area contributed by atoms with E-state index in [0.717, 1.165) is 0 Å². The van der Waals surface area contributed by atoms with Gasteiger partial charge in [0.05, 0.1) is 0 Å². The molecule has 1 fully saturated rings. The second-order valence-electron chi connectivity index (χ2n) is 6.66. The number of likely N-dealkylation sites (tertiary alicyclic amines) is 1. The normalized spacial score (nSPS) is 28.1. The Morgan fingerprint density at radius 1 is 1.44 bits per heavy atom. The molecule has 1 atom stereocenters. The largest absolute Gasteiger partial charge is 0.444 e. The number of alkyl halides is 2. The predicted molar refractivity (Wildman–Crippen MR) is 73.9 cm³/mol. The first-order valence-corrected chi connectivity index (χ1v) is 7.37. The third kappa shape index (κ3) is 3.84. The first kappa shape index (κ1) is 15.7. The molecule has 0 aromatic heterocycles. The van der Waals surface area contributed by atoms with E-state index >= 15 is 0 Å². The van der Waals surface area contributed by atoms with Crippen LogP contribution in [0, 0.1) is 0 Å². The van der Waals surface area contributed by atoms with Gasteiger partial charge in [-0.05, 0) is 34.6 Å². The minimum absolute atomic E-state index is 0.311. The van der Waals surface area contributed by atoms with Gasteiger partial charge in [-0.2, -0.15) is 0 Å². The van der Waals surface area contributed by atoms with Crippen molar-refractivity contribution in [3.05, 3.63) is 0 Å². The summed E-state index contributed by atoms with van der Waals surface area (Å²) in [5.41, 5.74) is -2.28. The number of ether oxygens (including phenoxy) is 1. The summed E-state index contributed by atoms with van der Waals surface area (Å²) in [6.45, 7) is 9.66. The fraction of sp³-hybridized carbons (Fsp3) is 0.923. The average molecular weight is 324 g/mol. The predicted octanol–water partition coefficient (Wildman–Crippen LogP) is 3.90. The van der Waals surface area contributed by atoms with E-state index in [-0.39, 0.29) is 6.09 Å². The first-order valence-electron chi connectivity index (χ1n) is 6.25. The van der Waals surface area contributed by atoms with Crippen molar-refractivity contribution in [3.63, 3.8) is 0 Å². The zero-order valence-corrected chi connectivity index (χ0v) is 13.4. The van der Waals surface area contributed by atoms with Crippen LogP contribution in [0.3, 0.4) is 0 Å². The minimum atomic E-state index is -1.23. The monoisotopic (exact) mass is 323 g/mol. The molecule has 0 aliphatic carbocycles. The first-order chi connectivity index (χ1) is 7.99. The topological polar surface area (TPSA) is 29.5 Å². The number of hydrogen-bond donors (Lipinski definition) is 0. The molecule has 0 aromatic rings. The maximum atomic E-state index is 14.3. The van der Waals surface area contributed by atoms with Crippen molar-refractivity contribution in [1.82, 2.24) is 4.90 Å². The SMILES string of the molecule is CC(C)(C)OC(=O)N1CCC(F)(CBr)CC1(C)C. The van der Waals surface area contributed by atoms with Crippen molar-refractivity contribution >= 4 is 22.0 Å². The smallest absolute Gasteiger partial charge is 0.410 e. The highest BCUT2D eigenvalue weighted by atomic mass is 79.9. The van der Waals surface area contributed by atoms with Gasteiger partial charge in [0.25, 0.3) is 0 Å². The molecule has 0 saturated carbocycles. The van der Waals surface area contributed by atoms with E-state index in [1.807, 2.05) is 34.6 Å². The molecule has 3 nitrogen and oxygen atoms in total. The van der Waals surface area contributed by atoms with Crippen LogP contribution in [-0.4, -0.2) is 39.7 Å². The van der Waals surface area contributed by atoms with E-state index in [1.54, 1.807) is 4.90 Å². The van der Waals surface area contributed by atoms with Gasteiger partial charge in [0.2, 0.25) is 0 Å². The molecule has 18 heavy (non-hydrogen) atoms. The molecule has 0 bridgehead atoms. The van der Waals surface area contributed by atoms with Gasteiger partial charge in [-0.15, -0.1) is 0 Å². The van der Waals surface area contributed by atoms with Crippen LogP contribution in [0.25, 0.3) is 0 Å². The molecule has 1 aliphatic rings. The van der Waals surface area contributed by atoms with Gasteiger partial charge in [-0.25, -0.2) is 9.18 Å². The van der Waals surface area contributed by atoms with Crippen LogP contribution in [0.4, 0.5) is 9.18 Å². The Morgan fingerprint density at radius 3 is 2.39 bits per heavy atom. The third-order valence-electron chi connectivity index (χ3n) is 3.12. The lowest BCUT2D eigenvalue weighted by Crippen LogP contribution is -2.58. The molecule has 1 saturated heterocycles. The van der Waals surface area contributed by atoms with Crippen LogP contribution in [0.2, 0.25) is 0 Å². The quantitative estimate of drug-likeness (QED) is 0.685. The van der Waals surface area contributed by atoms with Gasteiger partial charge < -0.3 is 9.64 Å².